The fourth-order valence-corrected chi connectivity index (χ4v) is 1.94. The molecule has 0 aromatic heterocycles. The first kappa shape index (κ1) is 16.2. The summed E-state index contributed by atoms with van der Waals surface area (Å²) >= 11 is 0. The summed E-state index contributed by atoms with van der Waals surface area (Å²) in [4.78, 5) is 13.0. The predicted molar refractivity (Wildman–Crippen MR) is 82.6 cm³/mol. The van der Waals surface area contributed by atoms with Gasteiger partial charge >= 0.3 is 6.03 Å². The molecule has 0 bridgehead atoms. The Morgan fingerprint density at radius 1 is 1.40 bits per heavy atom. The average molecular weight is 276 g/mol. The summed E-state index contributed by atoms with van der Waals surface area (Å²) in [6.07, 6.45) is 4.03. The Morgan fingerprint density at radius 3 is 2.80 bits per heavy atom. The smallest absolute Gasteiger partial charge is 0.332 e. The number of benzene rings is 1. The Hall–Kier alpha value is -1.88. The van der Waals surface area contributed by atoms with Gasteiger partial charge in [-0.05, 0) is 30.6 Å². The number of carbonyl (C=O) groups excluding carboxylic acids is 1. The molecule has 0 aliphatic rings. The second kappa shape index (κ2) is 9.09. The first-order valence-corrected chi connectivity index (χ1v) is 7.06. The molecule has 0 unspecified atom stereocenters. The van der Waals surface area contributed by atoms with Crippen LogP contribution in [-0.4, -0.2) is 30.2 Å². The summed E-state index contributed by atoms with van der Waals surface area (Å²) in [5.74, 6) is 0. The molecular formula is C15H24N4O. The fraction of sp³-hybridized carbons (Fsp3) is 0.467. The van der Waals surface area contributed by atoms with Crippen LogP contribution in [0.15, 0.2) is 29.4 Å². The van der Waals surface area contributed by atoms with Crippen LogP contribution in [0.2, 0.25) is 0 Å². The van der Waals surface area contributed by atoms with Gasteiger partial charge in [-0.25, -0.2) is 10.2 Å². The van der Waals surface area contributed by atoms with Gasteiger partial charge in [0, 0.05) is 6.54 Å². The van der Waals surface area contributed by atoms with Crippen molar-refractivity contribution < 1.29 is 4.79 Å². The van der Waals surface area contributed by atoms with E-state index in [9.17, 15) is 4.79 Å². The summed E-state index contributed by atoms with van der Waals surface area (Å²) in [6.45, 7) is 7.36. The fourth-order valence-electron chi connectivity index (χ4n) is 1.94. The zero-order valence-electron chi connectivity index (χ0n) is 12.3. The van der Waals surface area contributed by atoms with Crippen LogP contribution in [0.4, 0.5) is 4.79 Å². The van der Waals surface area contributed by atoms with Crippen LogP contribution in [0.1, 0.15) is 37.8 Å². The van der Waals surface area contributed by atoms with Gasteiger partial charge in [-0.3, -0.25) is 4.90 Å². The lowest BCUT2D eigenvalue weighted by atomic mass is 10.1. The van der Waals surface area contributed by atoms with Crippen LogP contribution >= 0.6 is 0 Å². The predicted octanol–water partition coefficient (Wildman–Crippen LogP) is 2.31. The highest BCUT2D eigenvalue weighted by Crippen LogP contribution is 2.10. The van der Waals surface area contributed by atoms with Gasteiger partial charge in [-0.1, -0.05) is 44.5 Å². The van der Waals surface area contributed by atoms with Crippen molar-refractivity contribution in [3.63, 3.8) is 0 Å². The zero-order chi connectivity index (χ0) is 14.8. The summed E-state index contributed by atoms with van der Waals surface area (Å²) < 4.78 is 0. The molecule has 1 aromatic rings. The summed E-state index contributed by atoms with van der Waals surface area (Å²) in [7, 11) is 0. The molecule has 0 saturated carbocycles. The van der Waals surface area contributed by atoms with Crippen LogP contribution in [0.3, 0.4) is 0 Å². The highest BCUT2D eigenvalue weighted by molar-refractivity contribution is 5.83. The topological polar surface area (TPSA) is 70.7 Å². The van der Waals surface area contributed by atoms with E-state index in [0.29, 0.717) is 0 Å². The Bertz CT molecular complexity index is 445. The summed E-state index contributed by atoms with van der Waals surface area (Å²) in [5, 5.41) is 3.83. The lowest BCUT2D eigenvalue weighted by Crippen LogP contribution is -2.25. The zero-order valence-corrected chi connectivity index (χ0v) is 12.3. The van der Waals surface area contributed by atoms with E-state index in [1.807, 2.05) is 18.2 Å². The van der Waals surface area contributed by atoms with E-state index in [1.54, 1.807) is 6.21 Å². The van der Waals surface area contributed by atoms with Crippen molar-refractivity contribution in [1.82, 2.24) is 10.3 Å². The second-order valence-corrected chi connectivity index (χ2v) is 4.66. The summed E-state index contributed by atoms with van der Waals surface area (Å²) in [5.41, 5.74) is 9.39. The Labute approximate surface area is 120 Å². The van der Waals surface area contributed by atoms with Crippen molar-refractivity contribution in [2.24, 2.45) is 10.8 Å². The molecular weight excluding hydrogens is 252 g/mol. The van der Waals surface area contributed by atoms with Crippen molar-refractivity contribution in [2.75, 3.05) is 13.1 Å². The number of nitrogens with zero attached hydrogens (tertiary/aromatic N) is 2. The number of hydrogen-bond donors (Lipinski definition) is 2. The number of hydrazone groups is 1. The summed E-state index contributed by atoms with van der Waals surface area (Å²) in [6, 6.07) is 7.38. The minimum atomic E-state index is -0.656. The van der Waals surface area contributed by atoms with E-state index < -0.39 is 6.03 Å². The van der Waals surface area contributed by atoms with Gasteiger partial charge in [0.1, 0.15) is 0 Å². The average Bonchev–Trinajstić information content (AvgIpc) is 2.44. The number of nitrogens with two attached hydrogens (primary N) is 1. The van der Waals surface area contributed by atoms with Crippen molar-refractivity contribution in [3.8, 4) is 0 Å². The lowest BCUT2D eigenvalue weighted by Gasteiger charge is -2.21. The number of unbranched alkanes of at least 4 members (excludes halogenated alkanes) is 1. The minimum absolute atomic E-state index is 0.656. The normalized spacial score (nSPS) is 11.2. The maximum absolute atomic E-state index is 10.6. The molecule has 0 saturated heterocycles. The van der Waals surface area contributed by atoms with Gasteiger partial charge in [-0.2, -0.15) is 5.10 Å². The van der Waals surface area contributed by atoms with Crippen LogP contribution in [0, 0.1) is 0 Å². The third kappa shape index (κ3) is 5.84. The molecule has 5 nitrogen and oxygen atoms in total. The number of primary amides is 1. The van der Waals surface area contributed by atoms with E-state index >= 15 is 0 Å². The molecule has 20 heavy (non-hydrogen) atoms. The maximum atomic E-state index is 10.6. The Kier molecular flexibility index (Phi) is 7.35. The van der Waals surface area contributed by atoms with Gasteiger partial charge in [0.15, 0.2) is 0 Å². The van der Waals surface area contributed by atoms with Gasteiger partial charge in [-0.15, -0.1) is 0 Å². The number of urea groups is 1. The van der Waals surface area contributed by atoms with Crippen molar-refractivity contribution >= 4 is 12.2 Å². The molecule has 0 aliphatic carbocycles. The van der Waals surface area contributed by atoms with Gasteiger partial charge in [0.2, 0.25) is 0 Å². The van der Waals surface area contributed by atoms with E-state index in [4.69, 9.17) is 5.73 Å². The van der Waals surface area contributed by atoms with Crippen molar-refractivity contribution in [2.45, 2.75) is 33.2 Å². The van der Waals surface area contributed by atoms with Crippen LogP contribution in [0.25, 0.3) is 0 Å². The molecule has 1 aromatic carbocycles. The van der Waals surface area contributed by atoms with Crippen LogP contribution in [0.5, 0.6) is 0 Å². The second-order valence-electron chi connectivity index (χ2n) is 4.66. The van der Waals surface area contributed by atoms with Gasteiger partial charge in [0.25, 0.3) is 0 Å². The number of carbonyl (C=O) groups is 1. The number of nitrogens with one attached hydrogen (secondary N) is 1. The highest BCUT2D eigenvalue weighted by atomic mass is 16.2. The van der Waals surface area contributed by atoms with E-state index in [1.165, 1.54) is 18.4 Å². The quantitative estimate of drug-likeness (QED) is 0.565. The first-order valence-electron chi connectivity index (χ1n) is 7.06. The van der Waals surface area contributed by atoms with E-state index in [-0.39, 0.29) is 0 Å². The number of amides is 2. The molecule has 0 fully saturated rings. The molecule has 3 N–H and O–H groups in total. The molecule has 0 spiro atoms. The third-order valence-corrected chi connectivity index (χ3v) is 3.10. The molecule has 0 atom stereocenters. The SMILES string of the molecule is CCCCN(CC)Cc1ccccc1C=NNC(N)=O. The largest absolute Gasteiger partial charge is 0.350 e. The molecule has 0 heterocycles. The number of hydrogen-bond acceptors (Lipinski definition) is 3. The minimum Gasteiger partial charge on any atom is -0.350 e. The van der Waals surface area contributed by atoms with Crippen molar-refractivity contribution in [3.05, 3.63) is 35.4 Å². The Morgan fingerprint density at radius 2 is 2.15 bits per heavy atom. The van der Waals surface area contributed by atoms with Crippen molar-refractivity contribution in [1.29, 1.82) is 0 Å². The monoisotopic (exact) mass is 276 g/mol. The third-order valence-electron chi connectivity index (χ3n) is 3.10. The molecule has 2 amide bonds. The lowest BCUT2D eigenvalue weighted by molar-refractivity contribution is 0.249. The standard InChI is InChI=1S/C15H24N4O/c1-3-5-10-19(4-2)12-14-9-7-6-8-13(14)11-17-18-15(16)20/h6-9,11H,3-5,10,12H2,1-2H3,(H3,16,18,20). The van der Waals surface area contributed by atoms with Crippen LogP contribution in [-0.2, 0) is 6.54 Å². The first-order chi connectivity index (χ1) is 9.67. The molecule has 0 radical (unpaired) electrons. The number of rotatable bonds is 8. The molecule has 5 heteroatoms. The molecule has 110 valence electrons. The van der Waals surface area contributed by atoms with Crippen LogP contribution < -0.4 is 11.2 Å². The van der Waals surface area contributed by atoms with Gasteiger partial charge in [0.05, 0.1) is 6.21 Å². The maximum Gasteiger partial charge on any atom is 0.332 e. The Balaban J connectivity index is 2.73. The highest BCUT2D eigenvalue weighted by Gasteiger charge is 2.06. The van der Waals surface area contributed by atoms with Gasteiger partial charge < -0.3 is 5.73 Å². The molecule has 1 rings (SSSR count). The molecule has 0 aliphatic heterocycles. The van der Waals surface area contributed by atoms with E-state index in [2.05, 4.69) is 35.3 Å². The van der Waals surface area contributed by atoms with E-state index in [0.717, 1.165) is 25.2 Å².